The second kappa shape index (κ2) is 7.59. The zero-order valence-corrected chi connectivity index (χ0v) is 15.2. The molecule has 1 atom stereocenters. The van der Waals surface area contributed by atoms with Gasteiger partial charge in [-0.2, -0.15) is 0 Å². The van der Waals surface area contributed by atoms with Gasteiger partial charge in [0, 0.05) is 25.1 Å². The Morgan fingerprint density at radius 1 is 1.31 bits per heavy atom. The lowest BCUT2D eigenvalue weighted by molar-refractivity contribution is -0.386. The summed E-state index contributed by atoms with van der Waals surface area (Å²) >= 11 is 0. The monoisotopic (exact) mass is 366 g/mol. The van der Waals surface area contributed by atoms with Gasteiger partial charge in [-0.1, -0.05) is 0 Å². The van der Waals surface area contributed by atoms with E-state index in [1.807, 2.05) is 0 Å². The van der Waals surface area contributed by atoms with Crippen molar-refractivity contribution in [1.29, 1.82) is 0 Å². The van der Waals surface area contributed by atoms with E-state index in [0.717, 1.165) is 0 Å². The Hall–Kier alpha value is -2.84. The van der Waals surface area contributed by atoms with Crippen LogP contribution in [0, 0.1) is 10.1 Å². The third-order valence-electron chi connectivity index (χ3n) is 3.67. The van der Waals surface area contributed by atoms with Crippen molar-refractivity contribution in [3.8, 4) is 5.75 Å². The van der Waals surface area contributed by atoms with Crippen molar-refractivity contribution in [2.24, 2.45) is 0 Å². The van der Waals surface area contributed by atoms with Gasteiger partial charge in [-0.05, 0) is 26.8 Å². The molecular formula is C17H22N2O7. The molecule has 0 aliphatic carbocycles. The molecule has 1 unspecified atom stereocenters. The highest BCUT2D eigenvalue weighted by molar-refractivity contribution is 5.90. The van der Waals surface area contributed by atoms with Crippen molar-refractivity contribution >= 4 is 17.7 Å². The number of likely N-dealkylation sites (tertiary alicyclic amines) is 1. The Morgan fingerprint density at radius 2 is 2.00 bits per heavy atom. The van der Waals surface area contributed by atoms with E-state index >= 15 is 0 Å². The lowest BCUT2D eigenvalue weighted by atomic mass is 10.2. The van der Waals surface area contributed by atoms with Crippen LogP contribution in [0.4, 0.5) is 10.5 Å². The normalized spacial score (nSPS) is 16.9. The maximum atomic E-state index is 12.1. The summed E-state index contributed by atoms with van der Waals surface area (Å²) in [5.41, 5.74) is -0.715. The van der Waals surface area contributed by atoms with Gasteiger partial charge in [0.2, 0.25) is 0 Å². The second-order valence-corrected chi connectivity index (χ2v) is 6.89. The van der Waals surface area contributed by atoms with Gasteiger partial charge >= 0.3 is 17.7 Å². The van der Waals surface area contributed by atoms with Crippen LogP contribution >= 0.6 is 0 Å². The minimum absolute atomic E-state index is 0.0334. The molecule has 26 heavy (non-hydrogen) atoms. The molecule has 1 fully saturated rings. The number of hydrogen-bond acceptors (Lipinski definition) is 7. The maximum Gasteiger partial charge on any atom is 0.410 e. The maximum absolute atomic E-state index is 12.1. The van der Waals surface area contributed by atoms with Crippen LogP contribution < -0.4 is 4.74 Å². The first kappa shape index (κ1) is 19.5. The molecule has 0 saturated carbocycles. The number of rotatable bonds is 4. The van der Waals surface area contributed by atoms with Gasteiger partial charge in [-0.25, -0.2) is 9.59 Å². The molecule has 1 saturated heterocycles. The molecule has 0 aromatic heterocycles. The number of ether oxygens (including phenoxy) is 3. The van der Waals surface area contributed by atoms with E-state index in [2.05, 4.69) is 4.74 Å². The molecule has 1 aliphatic rings. The fourth-order valence-electron chi connectivity index (χ4n) is 2.50. The summed E-state index contributed by atoms with van der Waals surface area (Å²) in [6.07, 6.45) is -0.394. The number of carbonyl (C=O) groups is 2. The average molecular weight is 366 g/mol. The van der Waals surface area contributed by atoms with Crippen molar-refractivity contribution in [2.45, 2.75) is 38.9 Å². The first-order valence-electron chi connectivity index (χ1n) is 8.12. The second-order valence-electron chi connectivity index (χ2n) is 6.89. The Bertz CT molecular complexity index is 712. The van der Waals surface area contributed by atoms with Crippen LogP contribution in [0.2, 0.25) is 0 Å². The van der Waals surface area contributed by atoms with Gasteiger partial charge in [0.15, 0.2) is 5.75 Å². The number of methoxy groups -OCH3 is 1. The highest BCUT2D eigenvalue weighted by Crippen LogP contribution is 2.31. The van der Waals surface area contributed by atoms with Crippen molar-refractivity contribution in [2.75, 3.05) is 20.2 Å². The van der Waals surface area contributed by atoms with Gasteiger partial charge in [0.05, 0.1) is 24.1 Å². The number of nitro benzene ring substituents is 1. The minimum Gasteiger partial charge on any atom is -0.482 e. The topological polar surface area (TPSA) is 108 Å². The summed E-state index contributed by atoms with van der Waals surface area (Å²) in [5, 5.41) is 11.2. The van der Waals surface area contributed by atoms with Gasteiger partial charge in [0.1, 0.15) is 11.7 Å². The predicted molar refractivity (Wildman–Crippen MR) is 91.3 cm³/mol. The lowest BCUT2D eigenvalue weighted by Crippen LogP contribution is -2.36. The molecule has 142 valence electrons. The highest BCUT2D eigenvalue weighted by Gasteiger charge is 2.32. The number of carbonyl (C=O) groups excluding carboxylic acids is 2. The van der Waals surface area contributed by atoms with E-state index in [1.165, 1.54) is 30.2 Å². The number of hydrogen-bond donors (Lipinski definition) is 0. The van der Waals surface area contributed by atoms with E-state index in [1.54, 1.807) is 20.8 Å². The zero-order valence-electron chi connectivity index (χ0n) is 15.2. The van der Waals surface area contributed by atoms with Crippen molar-refractivity contribution in [3.05, 3.63) is 33.9 Å². The molecule has 0 spiro atoms. The molecule has 1 aromatic rings. The molecule has 1 aromatic carbocycles. The van der Waals surface area contributed by atoms with Crippen LogP contribution in [0.5, 0.6) is 5.75 Å². The predicted octanol–water partition coefficient (Wildman–Crippen LogP) is 2.77. The molecule has 1 heterocycles. The lowest BCUT2D eigenvalue weighted by Gasteiger charge is -2.24. The van der Waals surface area contributed by atoms with E-state index in [4.69, 9.17) is 9.47 Å². The number of esters is 1. The van der Waals surface area contributed by atoms with Crippen molar-refractivity contribution < 1.29 is 28.7 Å². The van der Waals surface area contributed by atoms with E-state index < -0.39 is 28.7 Å². The molecule has 2 rings (SSSR count). The highest BCUT2D eigenvalue weighted by atomic mass is 16.6. The minimum atomic E-state index is -0.619. The zero-order chi connectivity index (χ0) is 19.5. The van der Waals surface area contributed by atoms with Crippen LogP contribution in [0.1, 0.15) is 37.6 Å². The van der Waals surface area contributed by atoms with Gasteiger partial charge < -0.3 is 19.1 Å². The fraction of sp³-hybridized carbons (Fsp3) is 0.529. The molecule has 1 aliphatic heterocycles. The van der Waals surface area contributed by atoms with E-state index in [9.17, 15) is 19.7 Å². The number of nitro groups is 1. The summed E-state index contributed by atoms with van der Waals surface area (Å²) in [7, 11) is 1.22. The van der Waals surface area contributed by atoms with Crippen LogP contribution in [0.15, 0.2) is 18.2 Å². The molecule has 0 bridgehead atoms. The van der Waals surface area contributed by atoms with Gasteiger partial charge in [-0.3, -0.25) is 10.1 Å². The third kappa shape index (κ3) is 4.84. The Kier molecular flexibility index (Phi) is 5.69. The Balaban J connectivity index is 2.12. The van der Waals surface area contributed by atoms with Crippen molar-refractivity contribution in [1.82, 2.24) is 4.90 Å². The Morgan fingerprint density at radius 3 is 2.58 bits per heavy atom. The summed E-state index contributed by atoms with van der Waals surface area (Å²) in [6, 6.07) is 3.78. The molecule has 9 heteroatoms. The van der Waals surface area contributed by atoms with Crippen LogP contribution in [0.3, 0.4) is 0 Å². The van der Waals surface area contributed by atoms with Gasteiger partial charge in [-0.15, -0.1) is 0 Å². The molecule has 1 amide bonds. The van der Waals surface area contributed by atoms with E-state index in [-0.39, 0.29) is 23.5 Å². The fourth-order valence-corrected chi connectivity index (χ4v) is 2.50. The average Bonchev–Trinajstić information content (AvgIpc) is 3.01. The number of amides is 1. The van der Waals surface area contributed by atoms with Crippen molar-refractivity contribution in [3.63, 3.8) is 0 Å². The summed E-state index contributed by atoms with van der Waals surface area (Å²) in [4.78, 5) is 35.8. The number of benzene rings is 1. The van der Waals surface area contributed by atoms with Crippen LogP contribution in [-0.2, 0) is 9.47 Å². The Labute approximate surface area is 151 Å². The van der Waals surface area contributed by atoms with Crippen LogP contribution in [-0.4, -0.2) is 53.8 Å². The largest absolute Gasteiger partial charge is 0.482 e. The van der Waals surface area contributed by atoms with E-state index in [0.29, 0.717) is 13.0 Å². The van der Waals surface area contributed by atoms with Crippen LogP contribution in [0.25, 0.3) is 0 Å². The summed E-state index contributed by atoms with van der Waals surface area (Å²) in [5.74, 6) is -0.652. The number of nitrogens with zero attached hydrogens (tertiary/aromatic N) is 2. The molecule has 0 N–H and O–H groups in total. The summed E-state index contributed by atoms with van der Waals surface area (Å²) in [6.45, 7) is 5.99. The van der Waals surface area contributed by atoms with Gasteiger partial charge in [0.25, 0.3) is 0 Å². The third-order valence-corrected chi connectivity index (χ3v) is 3.67. The summed E-state index contributed by atoms with van der Waals surface area (Å²) < 4.78 is 15.6. The standard InChI is InChI=1S/C17H22N2O7/c1-17(2,3)26-16(21)18-8-7-12(10-18)25-14-9-11(15(20)24-4)5-6-13(14)19(22)23/h5-6,9,12H,7-8,10H2,1-4H3. The first-order chi connectivity index (χ1) is 12.1. The molecule has 9 nitrogen and oxygen atoms in total. The smallest absolute Gasteiger partial charge is 0.410 e. The SMILES string of the molecule is COC(=O)c1ccc([N+](=O)[O-])c(OC2CCN(C(=O)OC(C)(C)C)C2)c1. The quantitative estimate of drug-likeness (QED) is 0.458. The molecular weight excluding hydrogens is 344 g/mol. The first-order valence-corrected chi connectivity index (χ1v) is 8.12. The molecule has 0 radical (unpaired) electrons.